The number of nitrogens with one attached hydrogen (secondary N) is 1. The zero-order valence-corrected chi connectivity index (χ0v) is 10.3. The van der Waals surface area contributed by atoms with Crippen LogP contribution in [0.3, 0.4) is 0 Å². The van der Waals surface area contributed by atoms with Gasteiger partial charge in [0.05, 0.1) is 17.3 Å². The summed E-state index contributed by atoms with van der Waals surface area (Å²) < 4.78 is 1.70. The van der Waals surface area contributed by atoms with Gasteiger partial charge in [-0.3, -0.25) is 9.48 Å². The van der Waals surface area contributed by atoms with Gasteiger partial charge in [0.25, 0.3) is 0 Å². The van der Waals surface area contributed by atoms with Crippen LogP contribution in [0.25, 0.3) is 0 Å². The van der Waals surface area contributed by atoms with Crippen LogP contribution < -0.4 is 5.32 Å². The number of hydrogen-bond donors (Lipinski definition) is 1. The lowest BCUT2D eigenvalue weighted by Crippen LogP contribution is -2.32. The molecule has 0 spiro atoms. The molecule has 1 N–H and O–H groups in total. The molecule has 1 unspecified atom stereocenters. The summed E-state index contributed by atoms with van der Waals surface area (Å²) in [6, 6.07) is 0.0551. The van der Waals surface area contributed by atoms with Gasteiger partial charge in [0.2, 0.25) is 0 Å². The highest BCUT2D eigenvalue weighted by Crippen LogP contribution is 2.22. The van der Waals surface area contributed by atoms with Gasteiger partial charge in [-0.15, -0.1) is 0 Å². The highest BCUT2D eigenvalue weighted by atomic mass is 35.5. The van der Waals surface area contributed by atoms with Gasteiger partial charge in [-0.25, -0.2) is 0 Å². The fourth-order valence-electron chi connectivity index (χ4n) is 2.04. The van der Waals surface area contributed by atoms with E-state index in [1.54, 1.807) is 10.9 Å². The van der Waals surface area contributed by atoms with Crippen molar-refractivity contribution < 1.29 is 4.79 Å². The van der Waals surface area contributed by atoms with Crippen LogP contribution in [-0.4, -0.2) is 28.2 Å². The standard InChI is InChI=1S/C11H16ClN3O/c1-7(2)15-10(8(12)6-14-15)11(16)9-4-3-5-13-9/h6-7,9,13H,3-5H2,1-2H3. The Balaban J connectivity index is 2.31. The molecule has 1 saturated heterocycles. The summed E-state index contributed by atoms with van der Waals surface area (Å²) in [4.78, 5) is 12.2. The zero-order chi connectivity index (χ0) is 11.7. The van der Waals surface area contributed by atoms with Crippen molar-refractivity contribution in [1.82, 2.24) is 15.1 Å². The van der Waals surface area contributed by atoms with E-state index in [4.69, 9.17) is 11.6 Å². The molecule has 1 aliphatic heterocycles. The molecule has 2 heterocycles. The number of nitrogens with zero attached hydrogens (tertiary/aromatic N) is 2. The van der Waals surface area contributed by atoms with Crippen molar-refractivity contribution in [2.24, 2.45) is 0 Å². The fraction of sp³-hybridized carbons (Fsp3) is 0.636. The molecule has 16 heavy (non-hydrogen) atoms. The highest BCUT2D eigenvalue weighted by molar-refractivity contribution is 6.33. The van der Waals surface area contributed by atoms with Gasteiger partial charge >= 0.3 is 0 Å². The molecule has 0 aliphatic carbocycles. The van der Waals surface area contributed by atoms with Crippen LogP contribution in [0.5, 0.6) is 0 Å². The third-order valence-corrected chi connectivity index (χ3v) is 3.13. The number of hydrogen-bond acceptors (Lipinski definition) is 3. The molecule has 1 atom stereocenters. The first kappa shape index (κ1) is 11.6. The second kappa shape index (κ2) is 4.55. The third-order valence-electron chi connectivity index (χ3n) is 2.85. The van der Waals surface area contributed by atoms with Crippen molar-refractivity contribution in [3.8, 4) is 0 Å². The highest BCUT2D eigenvalue weighted by Gasteiger charge is 2.28. The maximum atomic E-state index is 12.2. The Bertz CT molecular complexity index is 394. The SMILES string of the molecule is CC(C)n1ncc(Cl)c1C(=O)C1CCCN1. The van der Waals surface area contributed by atoms with Crippen LogP contribution in [0.15, 0.2) is 6.20 Å². The molecule has 0 amide bonds. The Morgan fingerprint density at radius 3 is 3.00 bits per heavy atom. The number of rotatable bonds is 3. The van der Waals surface area contributed by atoms with E-state index in [0.29, 0.717) is 10.7 Å². The van der Waals surface area contributed by atoms with Crippen molar-refractivity contribution in [2.45, 2.75) is 38.8 Å². The first-order valence-electron chi connectivity index (χ1n) is 5.62. The van der Waals surface area contributed by atoms with Gasteiger partial charge in [-0.1, -0.05) is 11.6 Å². The monoisotopic (exact) mass is 241 g/mol. The Morgan fingerprint density at radius 1 is 1.69 bits per heavy atom. The second-order valence-electron chi connectivity index (χ2n) is 4.39. The third kappa shape index (κ3) is 1.99. The molecular weight excluding hydrogens is 226 g/mol. The first-order chi connectivity index (χ1) is 7.61. The maximum Gasteiger partial charge on any atom is 0.199 e. The van der Waals surface area contributed by atoms with Gasteiger partial charge in [0.15, 0.2) is 5.78 Å². The van der Waals surface area contributed by atoms with Crippen molar-refractivity contribution in [1.29, 1.82) is 0 Å². The number of carbonyl (C=O) groups is 1. The number of halogens is 1. The summed E-state index contributed by atoms with van der Waals surface area (Å²) >= 11 is 6.03. The number of Topliss-reactive ketones (excluding diaryl/α,β-unsaturated/α-hetero) is 1. The van der Waals surface area contributed by atoms with Crippen LogP contribution in [0.2, 0.25) is 5.02 Å². The summed E-state index contributed by atoms with van der Waals surface area (Å²) in [5.41, 5.74) is 0.538. The van der Waals surface area contributed by atoms with Gasteiger partial charge in [-0.05, 0) is 33.2 Å². The summed E-state index contributed by atoms with van der Waals surface area (Å²) in [5.74, 6) is 0.0636. The van der Waals surface area contributed by atoms with E-state index in [1.165, 1.54) is 0 Å². The Labute approximate surface area is 100.0 Å². The Hall–Kier alpha value is -0.870. The van der Waals surface area contributed by atoms with E-state index >= 15 is 0 Å². The number of ketones is 1. The smallest absolute Gasteiger partial charge is 0.199 e. The average Bonchev–Trinajstić information content (AvgIpc) is 2.84. The average molecular weight is 242 g/mol. The quantitative estimate of drug-likeness (QED) is 0.824. The minimum Gasteiger partial charge on any atom is -0.307 e. The number of aromatic nitrogens is 2. The normalized spacial score (nSPS) is 20.6. The van der Waals surface area contributed by atoms with Gasteiger partial charge in [-0.2, -0.15) is 5.10 Å². The van der Waals surface area contributed by atoms with Crippen LogP contribution in [-0.2, 0) is 0 Å². The van der Waals surface area contributed by atoms with E-state index < -0.39 is 0 Å². The van der Waals surface area contributed by atoms with Gasteiger partial charge in [0.1, 0.15) is 5.69 Å². The minimum atomic E-state index is -0.0910. The van der Waals surface area contributed by atoms with Crippen molar-refractivity contribution in [2.75, 3.05) is 6.54 Å². The predicted molar refractivity (Wildman–Crippen MR) is 63.0 cm³/mol. The first-order valence-corrected chi connectivity index (χ1v) is 5.99. The van der Waals surface area contributed by atoms with Gasteiger partial charge < -0.3 is 5.32 Å². The predicted octanol–water partition coefficient (Wildman–Crippen LogP) is 2.05. The van der Waals surface area contributed by atoms with E-state index in [9.17, 15) is 4.79 Å². The van der Waals surface area contributed by atoms with Crippen molar-refractivity contribution in [3.63, 3.8) is 0 Å². The lowest BCUT2D eigenvalue weighted by molar-refractivity contribution is 0.0940. The maximum absolute atomic E-state index is 12.2. The molecule has 2 rings (SSSR count). The Kier molecular flexibility index (Phi) is 3.30. The van der Waals surface area contributed by atoms with Crippen LogP contribution >= 0.6 is 11.6 Å². The van der Waals surface area contributed by atoms with E-state index in [-0.39, 0.29) is 17.9 Å². The molecule has 1 fully saturated rings. The molecule has 4 nitrogen and oxygen atoms in total. The topological polar surface area (TPSA) is 46.9 Å². The van der Waals surface area contributed by atoms with Crippen LogP contribution in [0, 0.1) is 0 Å². The molecule has 1 aromatic rings. The van der Waals surface area contributed by atoms with Gasteiger partial charge in [0, 0.05) is 6.04 Å². The van der Waals surface area contributed by atoms with Crippen molar-refractivity contribution >= 4 is 17.4 Å². The lowest BCUT2D eigenvalue weighted by Gasteiger charge is -2.13. The summed E-state index contributed by atoms with van der Waals surface area (Å²) in [6.45, 7) is 4.88. The fourth-order valence-corrected chi connectivity index (χ4v) is 2.26. The van der Waals surface area contributed by atoms with Crippen LogP contribution in [0.1, 0.15) is 43.2 Å². The summed E-state index contributed by atoms with van der Waals surface area (Å²) in [5, 5.41) is 7.78. The second-order valence-corrected chi connectivity index (χ2v) is 4.80. The molecule has 0 radical (unpaired) electrons. The van der Waals surface area contributed by atoms with E-state index in [2.05, 4.69) is 10.4 Å². The largest absolute Gasteiger partial charge is 0.307 e. The molecule has 0 bridgehead atoms. The van der Waals surface area contributed by atoms with Crippen LogP contribution in [0.4, 0.5) is 0 Å². The molecule has 1 aliphatic rings. The molecule has 0 aromatic carbocycles. The lowest BCUT2D eigenvalue weighted by atomic mass is 10.1. The summed E-state index contributed by atoms with van der Waals surface area (Å²) in [6.07, 6.45) is 3.48. The molecule has 1 aromatic heterocycles. The molecule has 88 valence electrons. The number of carbonyl (C=O) groups excluding carboxylic acids is 1. The molecular formula is C11H16ClN3O. The van der Waals surface area contributed by atoms with E-state index in [1.807, 2.05) is 13.8 Å². The summed E-state index contributed by atoms with van der Waals surface area (Å²) in [7, 11) is 0. The van der Waals surface area contributed by atoms with Crippen molar-refractivity contribution in [3.05, 3.63) is 16.9 Å². The molecule has 5 heteroatoms. The molecule has 0 saturated carbocycles. The zero-order valence-electron chi connectivity index (χ0n) is 9.53. The minimum absolute atomic E-state index is 0.0636. The van der Waals surface area contributed by atoms with E-state index in [0.717, 1.165) is 19.4 Å². The Morgan fingerprint density at radius 2 is 2.44 bits per heavy atom.